The molecule has 3 unspecified atom stereocenters. The minimum Gasteiger partial charge on any atom is -0.373 e. The molecule has 2 bridgehead atoms. The highest BCUT2D eigenvalue weighted by Crippen LogP contribution is 2.34. The summed E-state index contributed by atoms with van der Waals surface area (Å²) in [6.07, 6.45) is 9.05. The van der Waals surface area contributed by atoms with E-state index in [-0.39, 0.29) is 24.0 Å². The predicted molar refractivity (Wildman–Crippen MR) is 104 cm³/mol. The Morgan fingerprint density at radius 1 is 1.43 bits per heavy atom. The van der Waals surface area contributed by atoms with Gasteiger partial charge in [0.1, 0.15) is 0 Å². The monoisotopic (exact) mass is 430 g/mol. The number of guanidine groups is 1. The highest BCUT2D eigenvalue weighted by molar-refractivity contribution is 14.0. The first-order chi connectivity index (χ1) is 10.8. The Kier molecular flexibility index (Phi) is 7.08. The zero-order chi connectivity index (χ0) is 15.4. The van der Waals surface area contributed by atoms with Gasteiger partial charge in [-0.15, -0.1) is 24.0 Å². The van der Waals surface area contributed by atoms with Crippen molar-refractivity contribution in [3.63, 3.8) is 0 Å². The molecule has 3 atom stereocenters. The van der Waals surface area contributed by atoms with E-state index in [2.05, 4.69) is 35.5 Å². The van der Waals surface area contributed by atoms with Crippen LogP contribution < -0.4 is 10.6 Å². The first-order valence-corrected chi connectivity index (χ1v) is 8.36. The predicted octanol–water partition coefficient (Wildman–Crippen LogP) is 2.43. The quantitative estimate of drug-likeness (QED) is 0.428. The summed E-state index contributed by atoms with van der Waals surface area (Å²) in [7, 11) is 0. The van der Waals surface area contributed by atoms with Crippen molar-refractivity contribution in [2.24, 2.45) is 4.99 Å². The van der Waals surface area contributed by atoms with Crippen LogP contribution in [0.1, 0.15) is 37.3 Å². The minimum absolute atomic E-state index is 0. The zero-order valence-electron chi connectivity index (χ0n) is 13.9. The number of aryl methyl sites for hydroxylation is 1. The third-order valence-corrected chi connectivity index (χ3v) is 4.56. The Morgan fingerprint density at radius 2 is 2.30 bits per heavy atom. The molecule has 1 aromatic heterocycles. The fraction of sp³-hybridized carbons (Fsp3) is 0.647. The number of fused-ring (bicyclic) bond motifs is 2. The van der Waals surface area contributed by atoms with Gasteiger partial charge in [-0.05, 0) is 56.7 Å². The van der Waals surface area contributed by atoms with E-state index in [1.807, 2.05) is 12.4 Å². The van der Waals surface area contributed by atoms with Crippen LogP contribution >= 0.6 is 24.0 Å². The molecular formula is C17H27IN4O. The number of nitrogens with zero attached hydrogens (tertiary/aromatic N) is 2. The molecule has 2 saturated heterocycles. The van der Waals surface area contributed by atoms with Gasteiger partial charge in [-0.2, -0.15) is 0 Å². The zero-order valence-corrected chi connectivity index (χ0v) is 16.2. The van der Waals surface area contributed by atoms with Gasteiger partial charge in [0.2, 0.25) is 0 Å². The summed E-state index contributed by atoms with van der Waals surface area (Å²) in [5.74, 6) is 0.912. The van der Waals surface area contributed by atoms with Crippen molar-refractivity contribution in [2.45, 2.75) is 57.8 Å². The van der Waals surface area contributed by atoms with E-state index in [0.29, 0.717) is 18.2 Å². The molecule has 3 heterocycles. The van der Waals surface area contributed by atoms with Crippen molar-refractivity contribution in [1.82, 2.24) is 15.6 Å². The van der Waals surface area contributed by atoms with Crippen molar-refractivity contribution in [1.29, 1.82) is 0 Å². The number of hydrogen-bond donors (Lipinski definition) is 2. The van der Waals surface area contributed by atoms with Crippen molar-refractivity contribution < 1.29 is 4.74 Å². The number of aliphatic imine (C=N–C) groups is 1. The van der Waals surface area contributed by atoms with Gasteiger partial charge in [0.25, 0.3) is 0 Å². The standard InChI is InChI=1S/C17H26N4O.HI/c1-3-19-17(21-15-10-14-4-5-16(15)22-14)20-9-7-13-6-8-18-11-12(13)2;/h6,8,11,14-16H,3-5,7,9-10H2,1-2H3,(H2,19,20,21);1H. The highest BCUT2D eigenvalue weighted by atomic mass is 127. The van der Waals surface area contributed by atoms with Crippen LogP contribution in [-0.2, 0) is 11.2 Å². The number of aromatic nitrogens is 1. The summed E-state index contributed by atoms with van der Waals surface area (Å²) in [6, 6.07) is 2.49. The molecule has 128 valence electrons. The summed E-state index contributed by atoms with van der Waals surface area (Å²) >= 11 is 0. The van der Waals surface area contributed by atoms with Gasteiger partial charge in [0.05, 0.1) is 18.2 Å². The van der Waals surface area contributed by atoms with Crippen LogP contribution in [-0.4, -0.2) is 42.3 Å². The molecule has 6 heteroatoms. The lowest BCUT2D eigenvalue weighted by atomic mass is 9.96. The molecule has 1 aromatic rings. The number of rotatable bonds is 5. The van der Waals surface area contributed by atoms with E-state index in [0.717, 1.165) is 31.9 Å². The summed E-state index contributed by atoms with van der Waals surface area (Å²) in [6.45, 7) is 5.85. The molecule has 0 aromatic carbocycles. The lowest BCUT2D eigenvalue weighted by Crippen LogP contribution is -2.47. The van der Waals surface area contributed by atoms with Gasteiger partial charge < -0.3 is 15.4 Å². The van der Waals surface area contributed by atoms with Gasteiger partial charge in [-0.1, -0.05) is 0 Å². The molecule has 0 amide bonds. The fourth-order valence-corrected chi connectivity index (χ4v) is 3.36. The maximum Gasteiger partial charge on any atom is 0.191 e. The highest BCUT2D eigenvalue weighted by Gasteiger charge is 2.41. The average molecular weight is 430 g/mol. The van der Waals surface area contributed by atoms with E-state index in [1.165, 1.54) is 24.0 Å². The molecule has 2 N–H and O–H groups in total. The van der Waals surface area contributed by atoms with E-state index < -0.39 is 0 Å². The van der Waals surface area contributed by atoms with Gasteiger partial charge in [-0.3, -0.25) is 9.98 Å². The molecule has 2 aliphatic heterocycles. The molecule has 2 aliphatic rings. The van der Waals surface area contributed by atoms with Crippen LogP contribution in [0.25, 0.3) is 0 Å². The molecule has 0 spiro atoms. The molecule has 0 aliphatic carbocycles. The Morgan fingerprint density at radius 3 is 2.96 bits per heavy atom. The van der Waals surface area contributed by atoms with Crippen molar-refractivity contribution >= 4 is 29.9 Å². The van der Waals surface area contributed by atoms with Crippen LogP contribution in [0.2, 0.25) is 0 Å². The van der Waals surface area contributed by atoms with E-state index >= 15 is 0 Å². The maximum absolute atomic E-state index is 5.90. The van der Waals surface area contributed by atoms with E-state index in [1.54, 1.807) is 0 Å². The summed E-state index contributed by atoms with van der Waals surface area (Å²) < 4.78 is 5.90. The smallest absolute Gasteiger partial charge is 0.191 e. The molecule has 23 heavy (non-hydrogen) atoms. The summed E-state index contributed by atoms with van der Waals surface area (Å²) in [5.41, 5.74) is 2.55. The SMILES string of the molecule is CCNC(=NCCc1ccncc1C)NC1CC2CCC1O2.I. The number of pyridine rings is 1. The molecule has 3 rings (SSSR count). The molecular weight excluding hydrogens is 403 g/mol. The number of ether oxygens (including phenoxy) is 1. The first kappa shape index (κ1) is 18.4. The largest absolute Gasteiger partial charge is 0.373 e. The number of nitrogens with one attached hydrogen (secondary N) is 2. The maximum atomic E-state index is 5.90. The normalized spacial score (nSPS) is 26.0. The Labute approximate surface area is 155 Å². The van der Waals surface area contributed by atoms with Crippen LogP contribution in [0, 0.1) is 6.92 Å². The number of halogens is 1. The average Bonchev–Trinajstić information content (AvgIpc) is 3.12. The second-order valence-electron chi connectivity index (χ2n) is 6.17. The summed E-state index contributed by atoms with van der Waals surface area (Å²) in [4.78, 5) is 8.85. The Bertz CT molecular complexity index is 537. The van der Waals surface area contributed by atoms with E-state index in [4.69, 9.17) is 9.73 Å². The molecule has 5 nitrogen and oxygen atoms in total. The van der Waals surface area contributed by atoms with Gasteiger partial charge in [-0.25, -0.2) is 0 Å². The van der Waals surface area contributed by atoms with Gasteiger partial charge in [0.15, 0.2) is 5.96 Å². The van der Waals surface area contributed by atoms with Crippen LogP contribution in [0.4, 0.5) is 0 Å². The Balaban J connectivity index is 0.00000192. The van der Waals surface area contributed by atoms with Crippen molar-refractivity contribution in [2.75, 3.05) is 13.1 Å². The van der Waals surface area contributed by atoms with Crippen molar-refractivity contribution in [3.05, 3.63) is 29.6 Å². The van der Waals surface area contributed by atoms with Crippen LogP contribution in [0.5, 0.6) is 0 Å². The molecule has 2 fully saturated rings. The molecule has 0 saturated carbocycles. The topological polar surface area (TPSA) is 58.5 Å². The lowest BCUT2D eigenvalue weighted by Gasteiger charge is -2.22. The fourth-order valence-electron chi connectivity index (χ4n) is 3.36. The second-order valence-corrected chi connectivity index (χ2v) is 6.17. The van der Waals surface area contributed by atoms with Gasteiger partial charge >= 0.3 is 0 Å². The minimum atomic E-state index is 0. The van der Waals surface area contributed by atoms with Crippen LogP contribution in [0.3, 0.4) is 0 Å². The van der Waals surface area contributed by atoms with Crippen LogP contribution in [0.15, 0.2) is 23.5 Å². The van der Waals surface area contributed by atoms with Crippen molar-refractivity contribution in [3.8, 4) is 0 Å². The molecule has 0 radical (unpaired) electrons. The van der Waals surface area contributed by atoms with Gasteiger partial charge in [0, 0.05) is 25.5 Å². The third-order valence-electron chi connectivity index (χ3n) is 4.56. The lowest BCUT2D eigenvalue weighted by molar-refractivity contribution is 0.0992. The number of hydrogen-bond acceptors (Lipinski definition) is 3. The Hall–Kier alpha value is -0.890. The second kappa shape index (κ2) is 8.82. The first-order valence-electron chi connectivity index (χ1n) is 8.36. The van der Waals surface area contributed by atoms with E-state index in [9.17, 15) is 0 Å². The summed E-state index contributed by atoms with van der Waals surface area (Å²) in [5, 5.41) is 6.89. The third kappa shape index (κ3) is 4.79.